The molecule has 0 aliphatic carbocycles. The minimum absolute atomic E-state index is 0.227. The van der Waals surface area contributed by atoms with Crippen molar-refractivity contribution in [3.63, 3.8) is 0 Å². The fourth-order valence-corrected chi connectivity index (χ4v) is 2.31. The predicted octanol–water partition coefficient (Wildman–Crippen LogP) is 4.63. The van der Waals surface area contributed by atoms with Crippen LogP contribution in [-0.2, 0) is 6.61 Å². The van der Waals surface area contributed by atoms with Crippen LogP contribution in [0.15, 0.2) is 46.0 Å². The molecule has 0 aliphatic rings. The van der Waals surface area contributed by atoms with E-state index < -0.39 is 0 Å². The Morgan fingerprint density at radius 3 is 2.75 bits per heavy atom. The van der Waals surface area contributed by atoms with Gasteiger partial charge in [-0.15, -0.1) is 0 Å². The van der Waals surface area contributed by atoms with Crippen molar-refractivity contribution in [2.45, 2.75) is 6.61 Å². The van der Waals surface area contributed by atoms with Crippen LogP contribution in [0.2, 0.25) is 5.02 Å². The van der Waals surface area contributed by atoms with Gasteiger partial charge in [-0.25, -0.2) is 4.39 Å². The minimum atomic E-state index is -0.382. The molecule has 3 nitrogen and oxygen atoms in total. The summed E-state index contributed by atoms with van der Waals surface area (Å²) >= 11 is 9.28. The number of benzene rings is 2. The van der Waals surface area contributed by atoms with Crippen LogP contribution in [0, 0.1) is 5.82 Å². The molecule has 1 N–H and O–H groups in total. The van der Waals surface area contributed by atoms with Crippen LogP contribution < -0.4 is 4.74 Å². The Kier molecular flexibility index (Phi) is 4.98. The molecule has 6 heteroatoms. The van der Waals surface area contributed by atoms with Crippen molar-refractivity contribution in [3.05, 3.63) is 62.8 Å². The highest BCUT2D eigenvalue weighted by Crippen LogP contribution is 2.27. The summed E-state index contributed by atoms with van der Waals surface area (Å²) in [5, 5.41) is 11.7. The van der Waals surface area contributed by atoms with Crippen LogP contribution in [0.5, 0.6) is 5.75 Å². The summed E-state index contributed by atoms with van der Waals surface area (Å²) in [5.74, 6) is 0.230. The highest BCUT2D eigenvalue weighted by molar-refractivity contribution is 9.10. The fourth-order valence-electron chi connectivity index (χ4n) is 1.58. The molecule has 0 unspecified atom stereocenters. The van der Waals surface area contributed by atoms with Gasteiger partial charge in [0.1, 0.15) is 18.2 Å². The smallest absolute Gasteiger partial charge is 0.134 e. The Labute approximate surface area is 128 Å². The first-order valence-corrected chi connectivity index (χ1v) is 6.81. The first-order valence-electron chi connectivity index (χ1n) is 5.64. The second kappa shape index (κ2) is 6.72. The molecule has 0 aliphatic heterocycles. The molecule has 0 atom stereocenters. The van der Waals surface area contributed by atoms with Crippen molar-refractivity contribution >= 4 is 33.7 Å². The topological polar surface area (TPSA) is 41.8 Å². The highest BCUT2D eigenvalue weighted by atomic mass is 79.9. The molecule has 0 bridgehead atoms. The molecule has 104 valence electrons. The number of nitrogens with zero attached hydrogens (tertiary/aromatic N) is 1. The fraction of sp³-hybridized carbons (Fsp3) is 0.0714. The zero-order chi connectivity index (χ0) is 14.5. The molecular formula is C14H10BrClFNO2. The summed E-state index contributed by atoms with van der Waals surface area (Å²) in [6.45, 7) is 0.227. The highest BCUT2D eigenvalue weighted by Gasteiger charge is 2.06. The van der Waals surface area contributed by atoms with Gasteiger partial charge in [0.2, 0.25) is 0 Å². The Bertz CT molecular complexity index is 649. The van der Waals surface area contributed by atoms with Gasteiger partial charge in [-0.1, -0.05) is 22.8 Å². The molecular weight excluding hydrogens is 349 g/mol. The second-order valence-electron chi connectivity index (χ2n) is 3.96. The molecule has 0 heterocycles. The molecule has 0 aromatic heterocycles. The van der Waals surface area contributed by atoms with Crippen molar-refractivity contribution < 1.29 is 14.3 Å². The van der Waals surface area contributed by atoms with Crippen molar-refractivity contribution in [2.75, 3.05) is 0 Å². The maximum Gasteiger partial charge on any atom is 0.134 e. The van der Waals surface area contributed by atoms with E-state index in [0.29, 0.717) is 20.8 Å². The second-order valence-corrected chi connectivity index (χ2v) is 5.22. The van der Waals surface area contributed by atoms with Crippen molar-refractivity contribution in [2.24, 2.45) is 5.16 Å². The van der Waals surface area contributed by atoms with Crippen LogP contribution in [0.4, 0.5) is 4.39 Å². The van der Waals surface area contributed by atoms with E-state index in [4.69, 9.17) is 21.5 Å². The molecule has 2 aromatic rings. The third-order valence-corrected chi connectivity index (χ3v) is 3.53. The zero-order valence-electron chi connectivity index (χ0n) is 10.2. The summed E-state index contributed by atoms with van der Waals surface area (Å²) in [6, 6.07) is 9.39. The van der Waals surface area contributed by atoms with E-state index in [1.165, 1.54) is 18.3 Å². The van der Waals surface area contributed by atoms with Crippen LogP contribution >= 0.6 is 27.5 Å². The number of ether oxygens (including phenoxy) is 1. The normalized spacial score (nSPS) is 10.9. The third kappa shape index (κ3) is 3.71. The van der Waals surface area contributed by atoms with Crippen molar-refractivity contribution in [1.82, 2.24) is 0 Å². The quantitative estimate of drug-likeness (QED) is 0.492. The maximum atomic E-state index is 12.9. The summed E-state index contributed by atoms with van der Waals surface area (Å²) in [7, 11) is 0. The van der Waals surface area contributed by atoms with Crippen LogP contribution in [-0.4, -0.2) is 11.4 Å². The van der Waals surface area contributed by atoms with Gasteiger partial charge in [0.05, 0.1) is 15.7 Å². The Hall–Kier alpha value is -1.59. The average Bonchev–Trinajstić information content (AvgIpc) is 2.40. The van der Waals surface area contributed by atoms with E-state index in [2.05, 4.69) is 21.1 Å². The molecule has 2 rings (SSSR count). The van der Waals surface area contributed by atoms with E-state index in [0.717, 1.165) is 5.56 Å². The molecule has 0 radical (unpaired) electrons. The van der Waals surface area contributed by atoms with Gasteiger partial charge < -0.3 is 9.94 Å². The lowest BCUT2D eigenvalue weighted by atomic mass is 10.2. The molecule has 20 heavy (non-hydrogen) atoms. The number of rotatable bonds is 4. The molecule has 0 amide bonds. The minimum Gasteiger partial charge on any atom is -0.488 e. The van der Waals surface area contributed by atoms with Crippen LogP contribution in [0.25, 0.3) is 0 Å². The first-order chi connectivity index (χ1) is 9.60. The lowest BCUT2D eigenvalue weighted by Gasteiger charge is -2.10. The van der Waals surface area contributed by atoms with Crippen molar-refractivity contribution in [1.29, 1.82) is 0 Å². The Morgan fingerprint density at radius 1 is 1.30 bits per heavy atom. The third-order valence-electron chi connectivity index (χ3n) is 2.56. The predicted molar refractivity (Wildman–Crippen MR) is 79.3 cm³/mol. The standard InChI is InChI=1S/C14H10BrClFNO2/c15-12-5-9(7-18-19)1-4-14(12)20-8-10-2-3-11(17)6-13(10)16/h1-7,19H,8H2/b18-7+. The van der Waals surface area contributed by atoms with E-state index in [1.807, 2.05) is 0 Å². The van der Waals surface area contributed by atoms with Gasteiger partial charge in [-0.3, -0.25) is 0 Å². The van der Waals surface area contributed by atoms with E-state index in [-0.39, 0.29) is 12.4 Å². The molecule has 0 fully saturated rings. The summed E-state index contributed by atoms with van der Waals surface area (Å²) in [6.07, 6.45) is 1.31. The van der Waals surface area contributed by atoms with Gasteiger partial charge in [0.25, 0.3) is 0 Å². The van der Waals surface area contributed by atoms with E-state index >= 15 is 0 Å². The summed E-state index contributed by atoms with van der Waals surface area (Å²) < 4.78 is 19.3. The Morgan fingerprint density at radius 2 is 2.10 bits per heavy atom. The van der Waals surface area contributed by atoms with Gasteiger partial charge in [-0.2, -0.15) is 0 Å². The van der Waals surface area contributed by atoms with E-state index in [9.17, 15) is 4.39 Å². The SMILES string of the molecule is O/N=C/c1ccc(OCc2ccc(F)cc2Cl)c(Br)c1. The van der Waals surface area contributed by atoms with Gasteiger partial charge >= 0.3 is 0 Å². The number of hydrogen-bond donors (Lipinski definition) is 1. The Balaban J connectivity index is 2.11. The molecule has 0 spiro atoms. The first kappa shape index (κ1) is 14.8. The molecule has 0 saturated carbocycles. The van der Waals surface area contributed by atoms with Crippen LogP contribution in [0.1, 0.15) is 11.1 Å². The van der Waals surface area contributed by atoms with Gasteiger partial charge in [-0.05, 0) is 51.8 Å². The molecule has 0 saturated heterocycles. The molecule has 2 aromatic carbocycles. The lowest BCUT2D eigenvalue weighted by Crippen LogP contribution is -1.98. The van der Waals surface area contributed by atoms with Gasteiger partial charge in [0.15, 0.2) is 0 Å². The summed E-state index contributed by atoms with van der Waals surface area (Å²) in [5.41, 5.74) is 1.42. The largest absolute Gasteiger partial charge is 0.488 e. The lowest BCUT2D eigenvalue weighted by molar-refractivity contribution is 0.304. The summed E-state index contributed by atoms with van der Waals surface area (Å²) in [4.78, 5) is 0. The van der Waals surface area contributed by atoms with E-state index in [1.54, 1.807) is 24.3 Å². The monoisotopic (exact) mass is 357 g/mol. The van der Waals surface area contributed by atoms with Crippen molar-refractivity contribution in [3.8, 4) is 5.75 Å². The van der Waals surface area contributed by atoms with Gasteiger partial charge in [0, 0.05) is 5.56 Å². The number of halogens is 3. The average molecular weight is 359 g/mol. The zero-order valence-corrected chi connectivity index (χ0v) is 12.5. The van der Waals surface area contributed by atoms with Crippen LogP contribution in [0.3, 0.4) is 0 Å². The number of oxime groups is 1. The maximum absolute atomic E-state index is 12.9. The number of hydrogen-bond acceptors (Lipinski definition) is 3.